The van der Waals surface area contributed by atoms with E-state index in [1.54, 1.807) is 6.26 Å². The molecule has 1 N–H and O–H groups in total. The highest BCUT2D eigenvalue weighted by Crippen LogP contribution is 2.39. The number of fused-ring (bicyclic) bond motifs is 1. The van der Waals surface area contributed by atoms with Gasteiger partial charge in [-0.1, -0.05) is 30.3 Å². The monoisotopic (exact) mass is 509 g/mol. The van der Waals surface area contributed by atoms with E-state index in [-0.39, 0.29) is 5.92 Å². The van der Waals surface area contributed by atoms with Crippen LogP contribution >= 0.6 is 0 Å². The van der Waals surface area contributed by atoms with Gasteiger partial charge in [0.25, 0.3) is 0 Å². The molecule has 190 valence electrons. The van der Waals surface area contributed by atoms with Crippen LogP contribution in [0.4, 0.5) is 0 Å². The summed E-state index contributed by atoms with van der Waals surface area (Å²) in [6, 6.07) is 16.4. The van der Waals surface area contributed by atoms with Gasteiger partial charge in [-0.2, -0.15) is 0 Å². The lowest BCUT2D eigenvalue weighted by Crippen LogP contribution is -2.51. The van der Waals surface area contributed by atoms with Gasteiger partial charge in [0.05, 0.1) is 12.5 Å². The van der Waals surface area contributed by atoms with Crippen molar-refractivity contribution in [3.05, 3.63) is 60.4 Å². The Morgan fingerprint density at radius 2 is 1.78 bits per heavy atom. The Labute approximate surface area is 211 Å². The van der Waals surface area contributed by atoms with Crippen molar-refractivity contribution in [2.24, 2.45) is 10.9 Å². The third-order valence-corrected chi connectivity index (χ3v) is 9.11. The number of benzene rings is 2. The molecule has 9 heteroatoms. The molecule has 2 aromatic carbocycles. The van der Waals surface area contributed by atoms with Crippen molar-refractivity contribution in [2.45, 2.75) is 31.0 Å². The van der Waals surface area contributed by atoms with Gasteiger partial charge in [0.2, 0.25) is 10.0 Å². The van der Waals surface area contributed by atoms with Gasteiger partial charge in [0.15, 0.2) is 6.23 Å². The number of hydrogen-bond acceptors (Lipinski definition) is 7. The summed E-state index contributed by atoms with van der Waals surface area (Å²) in [5.74, 6) is 0.912. The van der Waals surface area contributed by atoms with Gasteiger partial charge in [-0.3, -0.25) is 4.99 Å². The predicted octanol–water partition coefficient (Wildman–Crippen LogP) is 3.31. The lowest BCUT2D eigenvalue weighted by Gasteiger charge is -2.37. The molecule has 0 bridgehead atoms. The fourth-order valence-corrected chi connectivity index (χ4v) is 6.65. The van der Waals surface area contributed by atoms with Crippen LogP contribution in [0.3, 0.4) is 0 Å². The van der Waals surface area contributed by atoms with Gasteiger partial charge in [0.1, 0.15) is 17.0 Å². The molecule has 3 aromatic rings. The van der Waals surface area contributed by atoms with Crippen molar-refractivity contribution < 1.29 is 22.7 Å². The Kier molecular flexibility index (Phi) is 5.91. The zero-order valence-electron chi connectivity index (χ0n) is 20.3. The highest BCUT2D eigenvalue weighted by atomic mass is 32.2. The molecule has 1 spiro atoms. The minimum absolute atomic E-state index is 0.135. The number of rotatable bonds is 5. The van der Waals surface area contributed by atoms with Gasteiger partial charge in [-0.05, 0) is 41.7 Å². The summed E-state index contributed by atoms with van der Waals surface area (Å²) in [7, 11) is -3.22. The predicted molar refractivity (Wildman–Crippen MR) is 138 cm³/mol. The Balaban J connectivity index is 1.29. The van der Waals surface area contributed by atoms with Crippen molar-refractivity contribution in [3.63, 3.8) is 0 Å². The Morgan fingerprint density at radius 3 is 2.50 bits per heavy atom. The first-order chi connectivity index (χ1) is 17.3. The van der Waals surface area contributed by atoms with Crippen LogP contribution in [0.25, 0.3) is 22.1 Å². The quantitative estimate of drug-likeness (QED) is 0.567. The van der Waals surface area contributed by atoms with Gasteiger partial charge in [0, 0.05) is 56.6 Å². The van der Waals surface area contributed by atoms with Crippen molar-refractivity contribution in [1.82, 2.24) is 9.21 Å². The van der Waals surface area contributed by atoms with Gasteiger partial charge in [-0.15, -0.1) is 0 Å². The van der Waals surface area contributed by atoms with E-state index >= 15 is 0 Å². The maximum atomic E-state index is 12.0. The van der Waals surface area contributed by atoms with Crippen molar-refractivity contribution in [2.75, 3.05) is 39.1 Å². The molecule has 4 heterocycles. The number of amidine groups is 1. The maximum Gasteiger partial charge on any atom is 0.211 e. The summed E-state index contributed by atoms with van der Waals surface area (Å²) in [5.41, 5.74) is 3.42. The molecular formula is C27H31N3O5S. The molecule has 3 aliphatic rings. The van der Waals surface area contributed by atoms with E-state index in [1.165, 1.54) is 10.6 Å². The van der Waals surface area contributed by atoms with Crippen LogP contribution in [0.5, 0.6) is 0 Å². The largest absolute Gasteiger partial charge is 0.464 e. The zero-order valence-corrected chi connectivity index (χ0v) is 21.2. The van der Waals surface area contributed by atoms with Crippen LogP contribution in [0.2, 0.25) is 0 Å². The highest BCUT2D eigenvalue weighted by Gasteiger charge is 2.49. The number of aliphatic hydroxyl groups is 1. The first-order valence-electron chi connectivity index (χ1n) is 12.5. The first kappa shape index (κ1) is 23.7. The first-order valence-corrected chi connectivity index (χ1v) is 14.3. The second-order valence-corrected chi connectivity index (χ2v) is 12.2. The topological polar surface area (TPSA) is 95.6 Å². The fraction of sp³-hybridized carbons (Fsp3) is 0.444. The second kappa shape index (κ2) is 8.99. The molecule has 0 saturated carbocycles. The average Bonchev–Trinajstić information content (AvgIpc) is 3.60. The number of ether oxygens (including phenoxy) is 1. The lowest BCUT2D eigenvalue weighted by atomic mass is 9.89. The Bertz CT molecular complexity index is 1390. The van der Waals surface area contributed by atoms with E-state index < -0.39 is 21.8 Å². The zero-order chi connectivity index (χ0) is 24.9. The Morgan fingerprint density at radius 1 is 1.06 bits per heavy atom. The molecule has 2 unspecified atom stereocenters. The van der Waals surface area contributed by atoms with Gasteiger partial charge < -0.3 is 19.2 Å². The van der Waals surface area contributed by atoms with E-state index in [0.717, 1.165) is 39.9 Å². The third kappa shape index (κ3) is 4.24. The molecule has 0 aliphatic carbocycles. The SMILES string of the molecule is CS(=O)(=O)N1CCC(CN2C(c3ccc(-c4ccc5occc5c4)cc3)=NC3(CCOCC3)C2O)C1. The number of furan rings is 1. The minimum Gasteiger partial charge on any atom is -0.464 e. The number of nitrogens with zero attached hydrogens (tertiary/aromatic N) is 3. The summed E-state index contributed by atoms with van der Waals surface area (Å²) in [6.07, 6.45) is 4.30. The Hall–Kier alpha value is -2.72. The van der Waals surface area contributed by atoms with Crippen LogP contribution < -0.4 is 0 Å². The smallest absolute Gasteiger partial charge is 0.211 e. The van der Waals surface area contributed by atoms with E-state index in [0.29, 0.717) is 45.7 Å². The minimum atomic E-state index is -3.22. The summed E-state index contributed by atoms with van der Waals surface area (Å²) in [4.78, 5) is 7.12. The molecule has 2 fully saturated rings. The molecule has 1 aromatic heterocycles. The number of sulfonamides is 1. The summed E-state index contributed by atoms with van der Waals surface area (Å²) in [6.45, 7) is 2.70. The molecule has 2 atom stereocenters. The fourth-order valence-electron chi connectivity index (χ4n) is 5.73. The molecule has 0 radical (unpaired) electrons. The molecule has 36 heavy (non-hydrogen) atoms. The van der Waals surface area contributed by atoms with Gasteiger partial charge in [-0.25, -0.2) is 12.7 Å². The van der Waals surface area contributed by atoms with E-state index in [4.69, 9.17) is 14.1 Å². The normalized spacial score (nSPS) is 24.6. The summed E-state index contributed by atoms with van der Waals surface area (Å²) < 4.78 is 36.6. The van der Waals surface area contributed by atoms with Crippen molar-refractivity contribution >= 4 is 26.8 Å². The number of hydrogen-bond donors (Lipinski definition) is 1. The van der Waals surface area contributed by atoms with Crippen molar-refractivity contribution in [3.8, 4) is 11.1 Å². The van der Waals surface area contributed by atoms with Crippen LogP contribution in [0.1, 0.15) is 24.8 Å². The van der Waals surface area contributed by atoms with Crippen LogP contribution in [0.15, 0.2) is 64.2 Å². The highest BCUT2D eigenvalue weighted by molar-refractivity contribution is 7.88. The molecule has 0 amide bonds. The molecular weight excluding hydrogens is 478 g/mol. The maximum absolute atomic E-state index is 12.0. The number of aliphatic hydroxyl groups excluding tert-OH is 1. The average molecular weight is 510 g/mol. The van der Waals surface area contributed by atoms with E-state index in [2.05, 4.69) is 36.4 Å². The van der Waals surface area contributed by atoms with Crippen LogP contribution in [-0.4, -0.2) is 79.4 Å². The summed E-state index contributed by atoms with van der Waals surface area (Å²) in [5, 5.41) is 12.6. The molecule has 8 nitrogen and oxygen atoms in total. The standard InChI is InChI=1S/C27H31N3O5S/c1-36(32,33)29-12-8-19(17-29)18-30-25(28-27(26(30)31)10-14-34-15-11-27)21-4-2-20(3-5-21)22-6-7-24-23(16-22)9-13-35-24/h2-7,9,13,16,19,26,31H,8,10-12,14-15,17-18H2,1H3. The van der Waals surface area contributed by atoms with Gasteiger partial charge >= 0.3 is 0 Å². The van der Waals surface area contributed by atoms with Crippen LogP contribution in [0, 0.1) is 5.92 Å². The molecule has 6 rings (SSSR count). The molecule has 2 saturated heterocycles. The van der Waals surface area contributed by atoms with E-state index in [9.17, 15) is 13.5 Å². The number of aliphatic imine (C=N–C) groups is 1. The van der Waals surface area contributed by atoms with Crippen molar-refractivity contribution in [1.29, 1.82) is 0 Å². The lowest BCUT2D eigenvalue weighted by molar-refractivity contribution is -0.0499. The second-order valence-electron chi connectivity index (χ2n) is 10.2. The molecule has 3 aliphatic heterocycles. The summed E-state index contributed by atoms with van der Waals surface area (Å²) >= 11 is 0. The van der Waals surface area contributed by atoms with Crippen LogP contribution in [-0.2, 0) is 14.8 Å². The van der Waals surface area contributed by atoms with E-state index in [1.807, 2.05) is 17.0 Å². The third-order valence-electron chi connectivity index (χ3n) is 7.84.